The highest BCUT2D eigenvalue weighted by Gasteiger charge is 1.86. The maximum absolute atomic E-state index is 5.35. The lowest BCUT2D eigenvalue weighted by atomic mass is 10.4. The van der Waals surface area contributed by atoms with Gasteiger partial charge in [-0.1, -0.05) is 0 Å². The smallest absolute Gasteiger partial charge is 0.0734 e. The van der Waals surface area contributed by atoms with E-state index in [2.05, 4.69) is 4.98 Å². The fraction of sp³-hybridized carbons (Fsp3) is 0. The van der Waals surface area contributed by atoms with Gasteiger partial charge in [0.1, 0.15) is 0 Å². The minimum Gasteiger partial charge on any atom is -0.397 e. The summed E-state index contributed by atoms with van der Waals surface area (Å²) in [7, 11) is 0. The Kier molecular flexibility index (Phi) is 7.65. The Morgan fingerprint density at radius 2 is 1.70 bits per heavy atom. The molecule has 0 amide bonds. The van der Waals surface area contributed by atoms with Gasteiger partial charge < -0.3 is 11.5 Å². The predicted octanol–water partition coefficient (Wildman–Crippen LogP) is 1.48. The van der Waals surface area contributed by atoms with Crippen molar-refractivity contribution in [2.45, 2.75) is 0 Å². The Hall–Kier alpha value is 0.210. The Balaban J connectivity index is 0. The zero-order valence-corrected chi connectivity index (χ0v) is 9.81. The molecule has 0 spiro atoms. The number of hydrogen-bond acceptors (Lipinski definition) is 3. The monoisotopic (exact) mass is 365 g/mol. The maximum atomic E-state index is 5.35. The molecule has 0 saturated carbocycles. The van der Waals surface area contributed by atoms with Crippen molar-refractivity contribution < 1.29 is 0 Å². The van der Waals surface area contributed by atoms with Crippen molar-refractivity contribution in [2.24, 2.45) is 0 Å². The molecule has 0 radical (unpaired) electrons. The average molecular weight is 365 g/mol. The van der Waals surface area contributed by atoms with Crippen LogP contribution in [0.5, 0.6) is 0 Å². The van der Waals surface area contributed by atoms with Gasteiger partial charge in [0.25, 0.3) is 0 Å². The Bertz CT molecular complexity index is 171. The van der Waals surface area contributed by atoms with E-state index in [1.165, 1.54) is 6.20 Å². The first-order chi connectivity index (χ1) is 3.80. The van der Waals surface area contributed by atoms with E-state index in [1.54, 1.807) is 12.3 Å². The molecule has 0 fully saturated rings. The zero-order chi connectivity index (χ0) is 5.98. The van der Waals surface area contributed by atoms with Gasteiger partial charge in [0.2, 0.25) is 0 Å². The van der Waals surface area contributed by atoms with Crippen LogP contribution in [0.4, 0.5) is 11.4 Å². The molecule has 4 N–H and O–H groups in total. The van der Waals surface area contributed by atoms with E-state index in [-0.39, 0.29) is 48.0 Å². The largest absolute Gasteiger partial charge is 0.397 e. The molecule has 10 heavy (non-hydrogen) atoms. The molecule has 0 saturated heterocycles. The molecule has 1 aromatic heterocycles. The minimum absolute atomic E-state index is 0. The Morgan fingerprint density at radius 3 is 2.00 bits per heavy atom. The van der Waals surface area contributed by atoms with Crippen LogP contribution in [0.3, 0.4) is 0 Å². The van der Waals surface area contributed by atoms with Crippen molar-refractivity contribution >= 4 is 59.3 Å². The van der Waals surface area contributed by atoms with Crippen molar-refractivity contribution in [1.82, 2.24) is 4.98 Å². The van der Waals surface area contributed by atoms with Gasteiger partial charge in [-0.2, -0.15) is 0 Å². The number of nitrogens with zero attached hydrogens (tertiary/aromatic N) is 1. The van der Waals surface area contributed by atoms with E-state index in [0.29, 0.717) is 11.4 Å². The maximum Gasteiger partial charge on any atom is 0.0734 e. The highest BCUT2D eigenvalue weighted by Crippen LogP contribution is 2.08. The molecule has 3 nitrogen and oxygen atoms in total. The fourth-order valence-electron chi connectivity index (χ4n) is 0.417. The van der Waals surface area contributed by atoms with Crippen LogP contribution in [0.25, 0.3) is 0 Å². The molecule has 1 aromatic rings. The van der Waals surface area contributed by atoms with Gasteiger partial charge >= 0.3 is 0 Å². The predicted molar refractivity (Wildman–Crippen MR) is 63.9 cm³/mol. The summed E-state index contributed by atoms with van der Waals surface area (Å²) in [4.78, 5) is 3.74. The van der Waals surface area contributed by atoms with Gasteiger partial charge in [0.05, 0.1) is 17.6 Å². The lowest BCUT2D eigenvalue weighted by molar-refractivity contribution is 1.34. The van der Waals surface area contributed by atoms with Crippen LogP contribution in [-0.2, 0) is 0 Å². The number of nitrogen functional groups attached to an aromatic ring is 2. The standard InChI is InChI=1S/C5H7N3.2HI/c6-4-1-2-8-3-5(4)7;;/h1-3H,7H2,(H2,6,8);2*1H. The van der Waals surface area contributed by atoms with Crippen molar-refractivity contribution in [3.63, 3.8) is 0 Å². The number of rotatable bonds is 0. The average Bonchev–Trinajstić information content (AvgIpc) is 1.77. The topological polar surface area (TPSA) is 64.9 Å². The quantitative estimate of drug-likeness (QED) is 0.685. The van der Waals surface area contributed by atoms with Gasteiger partial charge in [-0.15, -0.1) is 48.0 Å². The van der Waals surface area contributed by atoms with E-state index in [0.717, 1.165) is 0 Å². The number of hydrogen-bond donors (Lipinski definition) is 2. The highest BCUT2D eigenvalue weighted by atomic mass is 127. The first kappa shape index (κ1) is 12.8. The number of anilines is 2. The fourth-order valence-corrected chi connectivity index (χ4v) is 0.417. The summed E-state index contributed by atoms with van der Waals surface area (Å²) in [5, 5.41) is 0. The van der Waals surface area contributed by atoms with Crippen molar-refractivity contribution in [2.75, 3.05) is 11.5 Å². The van der Waals surface area contributed by atoms with E-state index >= 15 is 0 Å². The molecule has 0 aliphatic rings. The van der Waals surface area contributed by atoms with Crippen LogP contribution in [0.2, 0.25) is 0 Å². The van der Waals surface area contributed by atoms with Gasteiger partial charge in [0, 0.05) is 6.20 Å². The lowest BCUT2D eigenvalue weighted by Gasteiger charge is -1.93. The number of pyridine rings is 1. The van der Waals surface area contributed by atoms with Gasteiger partial charge in [-0.25, -0.2) is 0 Å². The molecule has 0 aliphatic carbocycles. The van der Waals surface area contributed by atoms with Crippen LogP contribution in [-0.4, -0.2) is 4.98 Å². The molecule has 58 valence electrons. The van der Waals surface area contributed by atoms with Crippen LogP contribution in [0, 0.1) is 0 Å². The molecule has 5 heteroatoms. The molecular formula is C5H9I2N3. The summed E-state index contributed by atoms with van der Waals surface area (Å²) in [6.07, 6.45) is 3.13. The van der Waals surface area contributed by atoms with E-state index < -0.39 is 0 Å². The second-order valence-electron chi connectivity index (χ2n) is 1.50. The molecule has 0 aromatic carbocycles. The summed E-state index contributed by atoms with van der Waals surface area (Å²) in [5.74, 6) is 0. The van der Waals surface area contributed by atoms with E-state index in [1.807, 2.05) is 0 Å². The number of aromatic nitrogens is 1. The Morgan fingerprint density at radius 1 is 1.10 bits per heavy atom. The van der Waals surface area contributed by atoms with Crippen LogP contribution in [0.15, 0.2) is 18.5 Å². The molecule has 0 bridgehead atoms. The molecule has 0 unspecified atom stereocenters. The van der Waals surface area contributed by atoms with E-state index in [9.17, 15) is 0 Å². The molecular weight excluding hydrogens is 356 g/mol. The van der Waals surface area contributed by atoms with Crippen LogP contribution >= 0.6 is 48.0 Å². The van der Waals surface area contributed by atoms with Gasteiger partial charge in [0.15, 0.2) is 0 Å². The van der Waals surface area contributed by atoms with Crippen LogP contribution in [0.1, 0.15) is 0 Å². The molecule has 1 rings (SSSR count). The second-order valence-corrected chi connectivity index (χ2v) is 1.50. The van der Waals surface area contributed by atoms with Gasteiger partial charge in [-0.3, -0.25) is 4.98 Å². The summed E-state index contributed by atoms with van der Waals surface area (Å²) in [6, 6.07) is 1.66. The normalized spacial score (nSPS) is 7.20. The van der Waals surface area contributed by atoms with Crippen molar-refractivity contribution in [3.05, 3.63) is 18.5 Å². The summed E-state index contributed by atoms with van der Waals surface area (Å²) < 4.78 is 0. The summed E-state index contributed by atoms with van der Waals surface area (Å²) in [6.45, 7) is 0. The molecule has 0 atom stereocenters. The Labute approximate surface area is 93.6 Å². The van der Waals surface area contributed by atoms with Crippen LogP contribution < -0.4 is 11.5 Å². The lowest BCUT2D eigenvalue weighted by Crippen LogP contribution is -1.93. The van der Waals surface area contributed by atoms with Gasteiger partial charge in [-0.05, 0) is 6.07 Å². The third-order valence-electron chi connectivity index (χ3n) is 0.887. The van der Waals surface area contributed by atoms with Crippen molar-refractivity contribution in [1.29, 1.82) is 0 Å². The zero-order valence-electron chi connectivity index (χ0n) is 5.15. The molecule has 0 aliphatic heterocycles. The third kappa shape index (κ3) is 3.40. The first-order valence-electron chi connectivity index (χ1n) is 2.25. The summed E-state index contributed by atoms with van der Waals surface area (Å²) in [5.41, 5.74) is 11.8. The van der Waals surface area contributed by atoms with Crippen molar-refractivity contribution in [3.8, 4) is 0 Å². The summed E-state index contributed by atoms with van der Waals surface area (Å²) >= 11 is 0. The first-order valence-corrected chi connectivity index (χ1v) is 2.25. The molecule has 1 heterocycles. The minimum atomic E-state index is 0. The number of nitrogens with two attached hydrogens (primary N) is 2. The van der Waals surface area contributed by atoms with E-state index in [4.69, 9.17) is 11.5 Å². The second kappa shape index (κ2) is 5.96. The third-order valence-corrected chi connectivity index (χ3v) is 0.887. The SMILES string of the molecule is I.I.Nc1ccncc1N. The highest BCUT2D eigenvalue weighted by molar-refractivity contribution is 14.0. The number of halogens is 2.